The van der Waals surface area contributed by atoms with Crippen LogP contribution in [0, 0.1) is 0 Å². The van der Waals surface area contributed by atoms with Crippen LogP contribution in [0.2, 0.25) is 0 Å². The summed E-state index contributed by atoms with van der Waals surface area (Å²) in [5, 5.41) is 7.78. The predicted molar refractivity (Wildman–Crippen MR) is 210 cm³/mol. The van der Waals surface area contributed by atoms with Crippen molar-refractivity contribution in [3.8, 4) is 38.4 Å². The summed E-state index contributed by atoms with van der Waals surface area (Å²) in [6, 6.07) is 62.1. The quantitative estimate of drug-likeness (QED) is 0.181. The van der Waals surface area contributed by atoms with E-state index in [2.05, 4.69) is 179 Å². The van der Waals surface area contributed by atoms with Gasteiger partial charge < -0.3 is 4.57 Å². The zero-order chi connectivity index (χ0) is 32.1. The SMILES string of the molecule is c1ccc(-c2sc3c(c2-c2ccccc2)c2cc(-c4ccc5c(c4)c4ccccc4n5-c4ccccc4)cc4c5ccccc5n3c42)cc1. The van der Waals surface area contributed by atoms with Crippen molar-refractivity contribution in [1.82, 2.24) is 8.97 Å². The van der Waals surface area contributed by atoms with Crippen molar-refractivity contribution in [2.24, 2.45) is 0 Å². The number of aromatic nitrogens is 2. The molecular formula is C46H28N2S. The third-order valence-corrected chi connectivity index (χ3v) is 11.5. The van der Waals surface area contributed by atoms with Gasteiger partial charge in [-0.1, -0.05) is 121 Å². The third-order valence-electron chi connectivity index (χ3n) is 10.2. The summed E-state index contributed by atoms with van der Waals surface area (Å²) in [5.74, 6) is 0. The molecule has 4 heterocycles. The molecule has 0 aliphatic carbocycles. The van der Waals surface area contributed by atoms with Gasteiger partial charge in [0.1, 0.15) is 4.83 Å². The fourth-order valence-electron chi connectivity index (χ4n) is 8.17. The average Bonchev–Trinajstić information content (AvgIpc) is 3.90. The van der Waals surface area contributed by atoms with Crippen molar-refractivity contribution >= 4 is 70.6 Å². The number of benzene rings is 7. The summed E-state index contributed by atoms with van der Waals surface area (Å²) in [5.41, 5.74) is 12.5. The monoisotopic (exact) mass is 640 g/mol. The molecule has 0 saturated carbocycles. The highest BCUT2D eigenvalue weighted by molar-refractivity contribution is 7.23. The molecule has 0 bridgehead atoms. The lowest BCUT2D eigenvalue weighted by atomic mass is 9.95. The Labute approximate surface area is 286 Å². The first-order chi connectivity index (χ1) is 24.3. The fourth-order valence-corrected chi connectivity index (χ4v) is 9.54. The molecule has 7 aromatic carbocycles. The Hall–Kier alpha value is -6.16. The lowest BCUT2D eigenvalue weighted by Crippen LogP contribution is -1.92. The first-order valence-corrected chi connectivity index (χ1v) is 17.6. The Kier molecular flexibility index (Phi) is 5.57. The van der Waals surface area contributed by atoms with Crippen LogP contribution >= 0.6 is 11.3 Å². The van der Waals surface area contributed by atoms with Crippen LogP contribution in [0.1, 0.15) is 0 Å². The van der Waals surface area contributed by atoms with E-state index in [4.69, 9.17) is 0 Å². The summed E-state index contributed by atoms with van der Waals surface area (Å²) in [6.45, 7) is 0. The Morgan fingerprint density at radius 2 is 0.959 bits per heavy atom. The number of fused-ring (bicyclic) bond motifs is 9. The molecule has 0 N–H and O–H groups in total. The van der Waals surface area contributed by atoms with E-state index in [1.54, 1.807) is 0 Å². The van der Waals surface area contributed by atoms with Crippen LogP contribution < -0.4 is 0 Å². The largest absolute Gasteiger partial charge is 0.309 e. The van der Waals surface area contributed by atoms with Crippen molar-refractivity contribution < 1.29 is 0 Å². The third kappa shape index (κ3) is 3.76. The van der Waals surface area contributed by atoms with E-state index >= 15 is 0 Å². The molecule has 4 aromatic heterocycles. The number of hydrogen-bond donors (Lipinski definition) is 0. The van der Waals surface area contributed by atoms with Gasteiger partial charge in [0.15, 0.2) is 0 Å². The minimum Gasteiger partial charge on any atom is -0.309 e. The van der Waals surface area contributed by atoms with Crippen molar-refractivity contribution in [3.63, 3.8) is 0 Å². The second-order valence-corrected chi connectivity index (χ2v) is 13.9. The lowest BCUT2D eigenvalue weighted by molar-refractivity contribution is 1.18. The van der Waals surface area contributed by atoms with Crippen molar-refractivity contribution in [2.45, 2.75) is 0 Å². The number of nitrogens with zero attached hydrogens (tertiary/aromatic N) is 2. The maximum atomic E-state index is 2.53. The number of para-hydroxylation sites is 3. The molecule has 11 aromatic rings. The van der Waals surface area contributed by atoms with Crippen LogP contribution in [0.15, 0.2) is 170 Å². The zero-order valence-corrected chi connectivity index (χ0v) is 27.3. The topological polar surface area (TPSA) is 9.34 Å². The molecule has 0 spiro atoms. The minimum atomic E-state index is 1.18. The van der Waals surface area contributed by atoms with Gasteiger partial charge in [0.2, 0.25) is 0 Å². The lowest BCUT2D eigenvalue weighted by Gasteiger charge is -2.09. The first kappa shape index (κ1) is 26.9. The molecule has 0 saturated heterocycles. The summed E-state index contributed by atoms with van der Waals surface area (Å²) in [7, 11) is 0. The molecule has 0 atom stereocenters. The van der Waals surface area contributed by atoms with Gasteiger partial charge in [-0.3, -0.25) is 4.40 Å². The van der Waals surface area contributed by atoms with Crippen LogP contribution in [0.5, 0.6) is 0 Å². The fraction of sp³-hybridized carbons (Fsp3) is 0. The Balaban J connectivity index is 1.25. The molecule has 0 aliphatic heterocycles. The Morgan fingerprint density at radius 3 is 1.71 bits per heavy atom. The van der Waals surface area contributed by atoms with Gasteiger partial charge in [0.25, 0.3) is 0 Å². The van der Waals surface area contributed by atoms with Crippen molar-refractivity contribution in [3.05, 3.63) is 170 Å². The van der Waals surface area contributed by atoms with Crippen LogP contribution in [0.3, 0.4) is 0 Å². The van der Waals surface area contributed by atoms with Crippen molar-refractivity contribution in [2.75, 3.05) is 0 Å². The summed E-state index contributed by atoms with van der Waals surface area (Å²) in [4.78, 5) is 2.62. The summed E-state index contributed by atoms with van der Waals surface area (Å²) < 4.78 is 4.92. The van der Waals surface area contributed by atoms with Gasteiger partial charge >= 0.3 is 0 Å². The Bertz CT molecular complexity index is 3020. The van der Waals surface area contributed by atoms with E-state index in [0.717, 1.165) is 0 Å². The normalized spacial score (nSPS) is 12.1. The minimum absolute atomic E-state index is 1.18. The van der Waals surface area contributed by atoms with Gasteiger partial charge in [0.05, 0.1) is 22.1 Å². The molecule has 49 heavy (non-hydrogen) atoms. The highest BCUT2D eigenvalue weighted by Crippen LogP contribution is 2.52. The second-order valence-electron chi connectivity index (χ2n) is 12.9. The van der Waals surface area contributed by atoms with E-state index in [9.17, 15) is 0 Å². The molecule has 0 fully saturated rings. The highest BCUT2D eigenvalue weighted by Gasteiger charge is 2.26. The van der Waals surface area contributed by atoms with E-state index in [0.29, 0.717) is 0 Å². The highest BCUT2D eigenvalue weighted by atomic mass is 32.1. The smallest absolute Gasteiger partial charge is 0.109 e. The van der Waals surface area contributed by atoms with Crippen LogP contribution in [-0.4, -0.2) is 8.97 Å². The van der Waals surface area contributed by atoms with E-state index < -0.39 is 0 Å². The predicted octanol–water partition coefficient (Wildman–Crippen LogP) is 13.0. The number of thiophene rings is 1. The van der Waals surface area contributed by atoms with Gasteiger partial charge in [-0.25, -0.2) is 0 Å². The molecule has 0 aliphatic rings. The molecule has 3 heteroatoms. The maximum Gasteiger partial charge on any atom is 0.109 e. The zero-order valence-electron chi connectivity index (χ0n) is 26.5. The summed E-state index contributed by atoms with van der Waals surface area (Å²) in [6.07, 6.45) is 0. The average molecular weight is 641 g/mol. The van der Waals surface area contributed by atoms with Crippen LogP contribution in [0.4, 0.5) is 0 Å². The maximum absolute atomic E-state index is 2.53. The van der Waals surface area contributed by atoms with Crippen LogP contribution in [-0.2, 0) is 0 Å². The molecule has 11 rings (SSSR count). The first-order valence-electron chi connectivity index (χ1n) is 16.8. The molecule has 2 nitrogen and oxygen atoms in total. The van der Waals surface area contributed by atoms with Crippen molar-refractivity contribution in [1.29, 1.82) is 0 Å². The molecule has 228 valence electrons. The molecule has 0 amide bonds. The van der Waals surface area contributed by atoms with Gasteiger partial charge in [-0.15, -0.1) is 11.3 Å². The number of rotatable bonds is 4. The molecule has 0 radical (unpaired) electrons. The standard InChI is InChI=1S/C46H28N2S/c1-4-14-29(15-5-1)42-43-38-28-32(31-24-25-41-36(26-31)34-20-10-12-22-39(34)47(41)33-18-8-3-9-19-33)27-37-35-21-11-13-23-40(35)48(44(37)38)46(43)49-45(42)30-16-6-2-7-17-30/h1-28H. The van der Waals surface area contributed by atoms with Crippen LogP contribution in [0.25, 0.3) is 97.6 Å². The van der Waals surface area contributed by atoms with Gasteiger partial charge in [-0.05, 0) is 70.8 Å². The van der Waals surface area contributed by atoms with E-state index in [1.165, 1.54) is 97.6 Å². The molecule has 0 unspecified atom stereocenters. The van der Waals surface area contributed by atoms with Gasteiger partial charge in [-0.2, -0.15) is 0 Å². The number of hydrogen-bond acceptors (Lipinski definition) is 1. The van der Waals surface area contributed by atoms with Gasteiger partial charge in [0, 0.05) is 48.4 Å². The van der Waals surface area contributed by atoms with E-state index in [1.807, 2.05) is 11.3 Å². The Morgan fingerprint density at radius 1 is 0.388 bits per heavy atom. The molecular weight excluding hydrogens is 613 g/mol. The second kappa shape index (κ2) is 10.2. The van der Waals surface area contributed by atoms with E-state index in [-0.39, 0.29) is 0 Å². The summed E-state index contributed by atoms with van der Waals surface area (Å²) >= 11 is 1.91.